The van der Waals surface area contributed by atoms with Gasteiger partial charge < -0.3 is 14.8 Å². The fourth-order valence-electron chi connectivity index (χ4n) is 3.59. The van der Waals surface area contributed by atoms with Crippen LogP contribution in [-0.4, -0.2) is 41.6 Å². The lowest BCUT2D eigenvalue weighted by Gasteiger charge is -2.26. The normalized spacial score (nSPS) is 11.1. The molecule has 0 fully saturated rings. The van der Waals surface area contributed by atoms with Crippen LogP contribution in [0.4, 0.5) is 5.69 Å². The summed E-state index contributed by atoms with van der Waals surface area (Å²) < 4.78 is 39.0. The van der Waals surface area contributed by atoms with Gasteiger partial charge in [-0.3, -0.25) is 9.10 Å². The van der Waals surface area contributed by atoms with Gasteiger partial charge in [-0.05, 0) is 56.5 Å². The molecule has 0 atom stereocenters. The number of benzene rings is 3. The van der Waals surface area contributed by atoms with Crippen LogP contribution in [0.1, 0.15) is 23.1 Å². The van der Waals surface area contributed by atoms with Gasteiger partial charge in [0.2, 0.25) is 5.91 Å². The molecule has 7 nitrogen and oxygen atoms in total. The van der Waals surface area contributed by atoms with Crippen molar-refractivity contribution in [2.75, 3.05) is 31.6 Å². The van der Waals surface area contributed by atoms with Crippen LogP contribution in [-0.2, 0) is 21.2 Å². The molecule has 0 saturated heterocycles. The monoisotopic (exact) mass is 496 g/mol. The SMILES string of the molecule is COc1ccc(N(CC(=O)NCCCc2ccc(C)cc2)S(=O)(=O)c2ccc(C)cc2)c(OC)c1. The van der Waals surface area contributed by atoms with E-state index < -0.39 is 15.9 Å². The first-order chi connectivity index (χ1) is 16.7. The van der Waals surface area contributed by atoms with Gasteiger partial charge in [0, 0.05) is 12.6 Å². The molecule has 0 aliphatic carbocycles. The Morgan fingerprint density at radius 3 is 2.11 bits per heavy atom. The summed E-state index contributed by atoms with van der Waals surface area (Å²) in [6.45, 7) is 3.97. The number of ether oxygens (including phenoxy) is 2. The highest BCUT2D eigenvalue weighted by Crippen LogP contribution is 2.35. The molecular weight excluding hydrogens is 464 g/mol. The summed E-state index contributed by atoms with van der Waals surface area (Å²) in [6, 6.07) is 19.6. The zero-order valence-corrected chi connectivity index (χ0v) is 21.4. The van der Waals surface area contributed by atoms with Crippen molar-refractivity contribution < 1.29 is 22.7 Å². The molecule has 35 heavy (non-hydrogen) atoms. The minimum Gasteiger partial charge on any atom is -0.497 e. The number of carbonyl (C=O) groups is 1. The fraction of sp³-hybridized carbons (Fsp3) is 0.296. The molecule has 0 spiro atoms. The molecule has 0 aliphatic heterocycles. The highest BCUT2D eigenvalue weighted by Gasteiger charge is 2.29. The lowest BCUT2D eigenvalue weighted by atomic mass is 10.1. The number of anilines is 1. The smallest absolute Gasteiger partial charge is 0.264 e. The highest BCUT2D eigenvalue weighted by molar-refractivity contribution is 7.92. The molecule has 3 aromatic carbocycles. The Labute approximate surface area is 207 Å². The lowest BCUT2D eigenvalue weighted by Crippen LogP contribution is -2.41. The van der Waals surface area contributed by atoms with E-state index in [0.29, 0.717) is 12.3 Å². The third-order valence-corrected chi connectivity index (χ3v) is 7.41. The molecule has 3 aromatic rings. The van der Waals surface area contributed by atoms with E-state index in [1.165, 1.54) is 37.5 Å². The number of nitrogens with one attached hydrogen (secondary N) is 1. The maximum atomic E-state index is 13.6. The molecule has 0 bridgehead atoms. The largest absolute Gasteiger partial charge is 0.497 e. The molecule has 3 rings (SSSR count). The Hall–Kier alpha value is -3.52. The van der Waals surface area contributed by atoms with E-state index in [1.54, 1.807) is 30.3 Å². The first-order valence-corrected chi connectivity index (χ1v) is 12.8. The van der Waals surface area contributed by atoms with E-state index in [0.717, 1.165) is 22.7 Å². The third-order valence-electron chi connectivity index (χ3n) is 5.64. The van der Waals surface area contributed by atoms with E-state index in [1.807, 2.05) is 13.8 Å². The fourth-order valence-corrected chi connectivity index (χ4v) is 5.02. The number of nitrogens with zero attached hydrogens (tertiary/aromatic N) is 1. The maximum absolute atomic E-state index is 13.6. The van der Waals surface area contributed by atoms with Gasteiger partial charge in [0.05, 0.1) is 24.8 Å². The van der Waals surface area contributed by atoms with Crippen LogP contribution in [0.25, 0.3) is 0 Å². The van der Waals surface area contributed by atoms with E-state index in [4.69, 9.17) is 9.47 Å². The van der Waals surface area contributed by atoms with Gasteiger partial charge in [-0.15, -0.1) is 0 Å². The molecular formula is C27H32N2O5S. The molecule has 0 saturated carbocycles. The van der Waals surface area contributed by atoms with Crippen molar-refractivity contribution in [3.05, 3.63) is 83.4 Å². The molecule has 0 heterocycles. The summed E-state index contributed by atoms with van der Waals surface area (Å²) in [5.74, 6) is 0.397. The van der Waals surface area contributed by atoms with E-state index in [-0.39, 0.29) is 22.9 Å². The molecule has 1 amide bonds. The summed E-state index contributed by atoms with van der Waals surface area (Å²) in [4.78, 5) is 12.9. The summed E-state index contributed by atoms with van der Waals surface area (Å²) in [7, 11) is -1.09. The molecule has 1 N–H and O–H groups in total. The van der Waals surface area contributed by atoms with Crippen molar-refractivity contribution in [1.82, 2.24) is 5.32 Å². The zero-order valence-electron chi connectivity index (χ0n) is 20.6. The van der Waals surface area contributed by atoms with Crippen molar-refractivity contribution in [2.24, 2.45) is 0 Å². The Kier molecular flexibility index (Phi) is 8.76. The predicted molar refractivity (Wildman–Crippen MR) is 138 cm³/mol. The number of sulfonamides is 1. The maximum Gasteiger partial charge on any atom is 0.264 e. The molecule has 186 valence electrons. The second-order valence-electron chi connectivity index (χ2n) is 8.30. The quantitative estimate of drug-likeness (QED) is 0.401. The summed E-state index contributed by atoms with van der Waals surface area (Å²) in [5, 5.41) is 2.85. The average molecular weight is 497 g/mol. The van der Waals surface area contributed by atoms with Gasteiger partial charge in [-0.2, -0.15) is 0 Å². The minimum absolute atomic E-state index is 0.0909. The summed E-state index contributed by atoms with van der Waals surface area (Å²) in [6.07, 6.45) is 1.56. The second kappa shape index (κ2) is 11.8. The van der Waals surface area contributed by atoms with Crippen molar-refractivity contribution in [2.45, 2.75) is 31.6 Å². The third kappa shape index (κ3) is 6.76. The van der Waals surface area contributed by atoms with Crippen LogP contribution in [0, 0.1) is 13.8 Å². The minimum atomic E-state index is -4.04. The van der Waals surface area contributed by atoms with E-state index >= 15 is 0 Å². The van der Waals surface area contributed by atoms with Gasteiger partial charge in [0.15, 0.2) is 0 Å². The molecule has 0 radical (unpaired) electrons. The van der Waals surface area contributed by atoms with Gasteiger partial charge in [-0.1, -0.05) is 47.5 Å². The van der Waals surface area contributed by atoms with E-state index in [2.05, 4.69) is 29.6 Å². The number of hydrogen-bond donors (Lipinski definition) is 1. The van der Waals surface area contributed by atoms with Crippen LogP contribution in [0.3, 0.4) is 0 Å². The van der Waals surface area contributed by atoms with Crippen LogP contribution in [0.5, 0.6) is 11.5 Å². The molecule has 0 aliphatic rings. The topological polar surface area (TPSA) is 84.9 Å². The first kappa shape index (κ1) is 26.1. The van der Waals surface area contributed by atoms with Crippen molar-refractivity contribution in [1.29, 1.82) is 0 Å². The van der Waals surface area contributed by atoms with Gasteiger partial charge in [0.1, 0.15) is 18.0 Å². The Bertz CT molecular complexity index is 1240. The number of carbonyl (C=O) groups excluding carboxylic acids is 1. The summed E-state index contributed by atoms with van der Waals surface area (Å²) in [5.41, 5.74) is 3.58. The van der Waals surface area contributed by atoms with Gasteiger partial charge in [-0.25, -0.2) is 8.42 Å². The molecule has 0 unspecified atom stereocenters. The van der Waals surface area contributed by atoms with Crippen LogP contribution >= 0.6 is 0 Å². The van der Waals surface area contributed by atoms with E-state index in [9.17, 15) is 13.2 Å². The second-order valence-corrected chi connectivity index (χ2v) is 10.2. The van der Waals surface area contributed by atoms with Crippen molar-refractivity contribution in [3.8, 4) is 11.5 Å². The van der Waals surface area contributed by atoms with Gasteiger partial charge >= 0.3 is 0 Å². The van der Waals surface area contributed by atoms with Gasteiger partial charge in [0.25, 0.3) is 10.0 Å². The Morgan fingerprint density at radius 1 is 0.886 bits per heavy atom. The number of aryl methyl sites for hydroxylation is 3. The van der Waals surface area contributed by atoms with Crippen LogP contribution in [0.15, 0.2) is 71.6 Å². The molecule has 0 aromatic heterocycles. The average Bonchev–Trinajstić information content (AvgIpc) is 2.86. The Morgan fingerprint density at radius 2 is 1.51 bits per heavy atom. The highest BCUT2D eigenvalue weighted by atomic mass is 32.2. The zero-order chi connectivity index (χ0) is 25.4. The predicted octanol–water partition coefficient (Wildman–Crippen LogP) is 4.26. The Balaban J connectivity index is 1.79. The van der Waals surface area contributed by atoms with Crippen LogP contribution < -0.4 is 19.1 Å². The molecule has 8 heteroatoms. The van der Waals surface area contributed by atoms with Crippen molar-refractivity contribution >= 4 is 21.6 Å². The number of methoxy groups -OCH3 is 2. The van der Waals surface area contributed by atoms with Crippen LogP contribution in [0.2, 0.25) is 0 Å². The number of rotatable bonds is 11. The number of amides is 1. The first-order valence-electron chi connectivity index (χ1n) is 11.4. The van der Waals surface area contributed by atoms with Crippen molar-refractivity contribution in [3.63, 3.8) is 0 Å². The number of hydrogen-bond acceptors (Lipinski definition) is 5. The summed E-state index contributed by atoms with van der Waals surface area (Å²) >= 11 is 0. The standard InChI is InChI=1S/C27H32N2O5S/c1-20-7-11-22(12-8-20)6-5-17-28-27(30)19-29(25-16-13-23(33-3)18-26(25)34-4)35(31,32)24-14-9-21(2)10-15-24/h7-16,18H,5-6,17,19H2,1-4H3,(H,28,30). The lowest BCUT2D eigenvalue weighted by molar-refractivity contribution is -0.119.